The van der Waals surface area contributed by atoms with E-state index >= 15 is 0 Å². The average molecular weight is 231 g/mol. The number of nitrogens with one attached hydrogen (secondary N) is 1. The molecule has 4 heteroatoms. The van der Waals surface area contributed by atoms with Crippen molar-refractivity contribution in [3.63, 3.8) is 0 Å². The van der Waals surface area contributed by atoms with Crippen LogP contribution in [0.5, 0.6) is 0 Å². The number of fused-ring (bicyclic) bond motifs is 1. The van der Waals surface area contributed by atoms with Crippen LogP contribution in [0.1, 0.15) is 35.1 Å². The Morgan fingerprint density at radius 1 is 1.47 bits per heavy atom. The molecular formula is C13H17N3O. The number of nitrogens with zero attached hydrogens (tertiary/aromatic N) is 2. The monoisotopic (exact) mass is 231 g/mol. The molecule has 0 radical (unpaired) electrons. The third-order valence-electron chi connectivity index (χ3n) is 2.77. The summed E-state index contributed by atoms with van der Waals surface area (Å²) in [6, 6.07) is 3.93. The summed E-state index contributed by atoms with van der Waals surface area (Å²) in [5.41, 5.74) is 3.34. The molecule has 0 saturated carbocycles. The number of aromatic nitrogens is 2. The average Bonchev–Trinajstić information content (AvgIpc) is 2.64. The molecule has 0 bridgehead atoms. The number of hydrogen-bond acceptors (Lipinski definition) is 2. The van der Waals surface area contributed by atoms with Gasteiger partial charge in [0.2, 0.25) is 0 Å². The second-order valence-electron chi connectivity index (χ2n) is 4.19. The van der Waals surface area contributed by atoms with Gasteiger partial charge in [0.05, 0.1) is 5.69 Å². The number of rotatable bonds is 3. The predicted octanol–water partition coefficient (Wildman–Crippen LogP) is 2.09. The normalized spacial score (nSPS) is 10.8. The fourth-order valence-electron chi connectivity index (χ4n) is 1.91. The summed E-state index contributed by atoms with van der Waals surface area (Å²) < 4.78 is 1.86. The summed E-state index contributed by atoms with van der Waals surface area (Å²) in [7, 11) is 0. The standard InChI is InChI=1S/C13H17N3O/c1-4-7-14-13(17)11-10(3)15-12-9(2)6-5-8-16(11)12/h5-6,8H,4,7H2,1-3H3,(H,14,17). The number of hydrogen-bond donors (Lipinski definition) is 1. The van der Waals surface area contributed by atoms with Crippen molar-refractivity contribution >= 4 is 11.6 Å². The zero-order valence-electron chi connectivity index (χ0n) is 10.4. The van der Waals surface area contributed by atoms with Gasteiger partial charge in [-0.3, -0.25) is 9.20 Å². The van der Waals surface area contributed by atoms with Crippen LogP contribution in [-0.2, 0) is 0 Å². The third-order valence-corrected chi connectivity index (χ3v) is 2.77. The minimum atomic E-state index is -0.0533. The molecule has 0 fully saturated rings. The highest BCUT2D eigenvalue weighted by molar-refractivity contribution is 5.94. The highest BCUT2D eigenvalue weighted by Crippen LogP contribution is 2.15. The second-order valence-corrected chi connectivity index (χ2v) is 4.19. The van der Waals surface area contributed by atoms with E-state index in [2.05, 4.69) is 10.3 Å². The number of carbonyl (C=O) groups excluding carboxylic acids is 1. The Morgan fingerprint density at radius 3 is 2.94 bits per heavy atom. The van der Waals surface area contributed by atoms with E-state index in [1.165, 1.54) is 0 Å². The Labute approximate surface area is 101 Å². The van der Waals surface area contributed by atoms with Crippen molar-refractivity contribution in [1.82, 2.24) is 14.7 Å². The van der Waals surface area contributed by atoms with Crippen LogP contribution in [0.15, 0.2) is 18.3 Å². The van der Waals surface area contributed by atoms with E-state index in [-0.39, 0.29) is 5.91 Å². The van der Waals surface area contributed by atoms with Crippen LogP contribution in [0.25, 0.3) is 5.65 Å². The molecule has 90 valence electrons. The first kappa shape index (κ1) is 11.6. The van der Waals surface area contributed by atoms with Gasteiger partial charge >= 0.3 is 0 Å². The molecule has 4 nitrogen and oxygen atoms in total. The third kappa shape index (κ3) is 2.02. The molecule has 0 aliphatic carbocycles. The van der Waals surface area contributed by atoms with Crippen LogP contribution in [0.3, 0.4) is 0 Å². The molecule has 0 atom stereocenters. The molecule has 2 rings (SSSR count). The highest BCUT2D eigenvalue weighted by atomic mass is 16.1. The van der Waals surface area contributed by atoms with E-state index in [1.54, 1.807) is 0 Å². The lowest BCUT2D eigenvalue weighted by Crippen LogP contribution is -2.26. The molecule has 2 heterocycles. The molecule has 0 aliphatic rings. The summed E-state index contributed by atoms with van der Waals surface area (Å²) in [4.78, 5) is 16.5. The SMILES string of the molecule is CCCNC(=O)c1c(C)nc2c(C)cccn12. The largest absolute Gasteiger partial charge is 0.351 e. The van der Waals surface area contributed by atoms with Crippen LogP contribution >= 0.6 is 0 Å². The highest BCUT2D eigenvalue weighted by Gasteiger charge is 2.16. The summed E-state index contributed by atoms with van der Waals surface area (Å²) in [5, 5.41) is 2.89. The Hall–Kier alpha value is -1.84. The van der Waals surface area contributed by atoms with Crippen molar-refractivity contribution in [2.24, 2.45) is 0 Å². The van der Waals surface area contributed by atoms with Crippen molar-refractivity contribution in [2.75, 3.05) is 6.54 Å². The van der Waals surface area contributed by atoms with Crippen molar-refractivity contribution in [2.45, 2.75) is 27.2 Å². The van der Waals surface area contributed by atoms with E-state index < -0.39 is 0 Å². The number of amides is 1. The lowest BCUT2D eigenvalue weighted by molar-refractivity contribution is 0.0947. The molecule has 2 aromatic rings. The molecule has 1 N–H and O–H groups in total. The smallest absolute Gasteiger partial charge is 0.270 e. The molecule has 0 unspecified atom stereocenters. The fourth-order valence-corrected chi connectivity index (χ4v) is 1.91. The van der Waals surface area contributed by atoms with Crippen molar-refractivity contribution in [1.29, 1.82) is 0 Å². The molecule has 0 saturated heterocycles. The van der Waals surface area contributed by atoms with Crippen LogP contribution < -0.4 is 5.32 Å². The van der Waals surface area contributed by atoms with E-state index in [0.29, 0.717) is 12.2 Å². The molecule has 0 spiro atoms. The number of imidazole rings is 1. The topological polar surface area (TPSA) is 46.4 Å². The van der Waals surface area contributed by atoms with Gasteiger partial charge in [0.25, 0.3) is 5.91 Å². The van der Waals surface area contributed by atoms with Gasteiger partial charge < -0.3 is 5.32 Å². The molecule has 1 amide bonds. The zero-order valence-corrected chi connectivity index (χ0v) is 10.4. The maximum Gasteiger partial charge on any atom is 0.270 e. The Morgan fingerprint density at radius 2 is 2.24 bits per heavy atom. The second kappa shape index (κ2) is 4.57. The number of carbonyl (C=O) groups is 1. The Kier molecular flexibility index (Phi) is 3.13. The van der Waals surface area contributed by atoms with Crippen molar-refractivity contribution in [3.8, 4) is 0 Å². The lowest BCUT2D eigenvalue weighted by atomic mass is 10.3. The molecular weight excluding hydrogens is 214 g/mol. The minimum Gasteiger partial charge on any atom is -0.351 e. The van der Waals surface area contributed by atoms with Gasteiger partial charge in [-0.05, 0) is 31.9 Å². The number of aryl methyl sites for hydroxylation is 2. The van der Waals surface area contributed by atoms with Crippen molar-refractivity contribution < 1.29 is 4.79 Å². The molecule has 17 heavy (non-hydrogen) atoms. The minimum absolute atomic E-state index is 0.0533. The maximum atomic E-state index is 12.0. The summed E-state index contributed by atoms with van der Waals surface area (Å²) in [5.74, 6) is -0.0533. The van der Waals surface area contributed by atoms with Gasteiger partial charge in [0, 0.05) is 12.7 Å². The molecule has 2 aromatic heterocycles. The van der Waals surface area contributed by atoms with Crippen LogP contribution in [0.2, 0.25) is 0 Å². The van der Waals surface area contributed by atoms with Gasteiger partial charge in [-0.2, -0.15) is 0 Å². The Bertz CT molecular complexity index is 557. The van der Waals surface area contributed by atoms with E-state index in [0.717, 1.165) is 23.3 Å². The van der Waals surface area contributed by atoms with Gasteiger partial charge in [-0.15, -0.1) is 0 Å². The maximum absolute atomic E-state index is 12.0. The fraction of sp³-hybridized carbons (Fsp3) is 0.385. The van der Waals surface area contributed by atoms with E-state index in [4.69, 9.17) is 0 Å². The summed E-state index contributed by atoms with van der Waals surface area (Å²) >= 11 is 0. The van der Waals surface area contributed by atoms with Gasteiger partial charge in [0.15, 0.2) is 0 Å². The van der Waals surface area contributed by atoms with Crippen molar-refractivity contribution in [3.05, 3.63) is 35.3 Å². The Balaban J connectivity index is 2.50. The zero-order chi connectivity index (χ0) is 12.4. The van der Waals surface area contributed by atoms with Crippen LogP contribution in [0.4, 0.5) is 0 Å². The first-order valence-corrected chi connectivity index (χ1v) is 5.87. The van der Waals surface area contributed by atoms with Crippen LogP contribution in [-0.4, -0.2) is 21.8 Å². The summed E-state index contributed by atoms with van der Waals surface area (Å²) in [6.07, 6.45) is 2.81. The van der Waals surface area contributed by atoms with E-state index in [9.17, 15) is 4.79 Å². The quantitative estimate of drug-likeness (QED) is 0.879. The molecule has 0 aromatic carbocycles. The first-order valence-electron chi connectivity index (χ1n) is 5.87. The lowest BCUT2D eigenvalue weighted by Gasteiger charge is -2.04. The number of pyridine rings is 1. The van der Waals surface area contributed by atoms with Gasteiger partial charge in [0.1, 0.15) is 11.3 Å². The first-order chi connectivity index (χ1) is 8.15. The molecule has 0 aliphatic heterocycles. The van der Waals surface area contributed by atoms with E-state index in [1.807, 2.05) is 43.5 Å². The summed E-state index contributed by atoms with van der Waals surface area (Å²) in [6.45, 7) is 6.59. The van der Waals surface area contributed by atoms with Gasteiger partial charge in [-0.25, -0.2) is 4.98 Å². The van der Waals surface area contributed by atoms with Crippen LogP contribution in [0, 0.1) is 13.8 Å². The predicted molar refractivity (Wildman–Crippen MR) is 67.3 cm³/mol. The van der Waals surface area contributed by atoms with Gasteiger partial charge in [-0.1, -0.05) is 13.0 Å².